The summed E-state index contributed by atoms with van der Waals surface area (Å²) in [5, 5.41) is 8.60. The van der Waals surface area contributed by atoms with Gasteiger partial charge in [-0.05, 0) is 19.8 Å². The molecule has 0 spiro atoms. The van der Waals surface area contributed by atoms with Crippen molar-refractivity contribution in [1.82, 2.24) is 0 Å². The lowest BCUT2D eigenvalue weighted by Crippen LogP contribution is -2.40. The first-order valence-electron chi connectivity index (χ1n) is 3.99. The van der Waals surface area contributed by atoms with E-state index >= 15 is 0 Å². The molecule has 0 aromatic carbocycles. The lowest BCUT2D eigenvalue weighted by atomic mass is 9.88. The number of aliphatic carboxylic acids is 1. The average molecular weight is 208 g/mol. The maximum Gasteiger partial charge on any atom is 0.331 e. The molecule has 78 valence electrons. The minimum absolute atomic E-state index is 0. The molecule has 0 heterocycles. The second-order valence-corrected chi connectivity index (χ2v) is 3.65. The molecule has 0 saturated carbocycles. The number of carboxylic acid groups (broad SMARTS) is 1. The quantitative estimate of drug-likeness (QED) is 0.694. The Morgan fingerprint density at radius 1 is 1.54 bits per heavy atom. The van der Waals surface area contributed by atoms with Crippen LogP contribution in [-0.2, 0) is 4.79 Å². The Morgan fingerprint density at radius 2 is 1.92 bits per heavy atom. The predicted molar refractivity (Wildman–Crippen MR) is 56.1 cm³/mol. The van der Waals surface area contributed by atoms with Gasteiger partial charge in [-0.15, -0.1) is 12.4 Å². The largest absolute Gasteiger partial charge is 0.478 e. The van der Waals surface area contributed by atoms with Gasteiger partial charge in [-0.3, -0.25) is 0 Å². The van der Waals surface area contributed by atoms with Gasteiger partial charge in [-0.25, -0.2) is 4.79 Å². The van der Waals surface area contributed by atoms with Crippen molar-refractivity contribution in [2.45, 2.75) is 33.2 Å². The highest BCUT2D eigenvalue weighted by Gasteiger charge is 2.21. The van der Waals surface area contributed by atoms with E-state index in [4.69, 9.17) is 10.8 Å². The summed E-state index contributed by atoms with van der Waals surface area (Å²) >= 11 is 0. The lowest BCUT2D eigenvalue weighted by molar-refractivity contribution is -0.132. The van der Waals surface area contributed by atoms with Crippen LogP contribution in [0.25, 0.3) is 0 Å². The van der Waals surface area contributed by atoms with Crippen LogP contribution in [0.2, 0.25) is 0 Å². The average Bonchev–Trinajstić information content (AvgIpc) is 1.85. The highest BCUT2D eigenvalue weighted by molar-refractivity contribution is 5.86. The van der Waals surface area contributed by atoms with E-state index in [-0.39, 0.29) is 18.3 Å². The smallest absolute Gasteiger partial charge is 0.331 e. The molecule has 0 radical (unpaired) electrons. The molecule has 0 aromatic heterocycles. The summed E-state index contributed by atoms with van der Waals surface area (Å²) < 4.78 is 0. The zero-order chi connectivity index (χ0) is 9.94. The third-order valence-corrected chi connectivity index (χ3v) is 2.11. The molecule has 0 aromatic rings. The lowest BCUT2D eigenvalue weighted by Gasteiger charge is -2.25. The van der Waals surface area contributed by atoms with Crippen molar-refractivity contribution < 1.29 is 9.90 Å². The van der Waals surface area contributed by atoms with Crippen molar-refractivity contribution in [3.05, 3.63) is 11.6 Å². The van der Waals surface area contributed by atoms with Crippen molar-refractivity contribution >= 4 is 18.4 Å². The SMILES string of the molecule is CC(=CC(C)(N)C(C)C)C(=O)O.Cl. The molecule has 0 fully saturated rings. The number of rotatable bonds is 3. The molecule has 4 heteroatoms. The van der Waals surface area contributed by atoms with Gasteiger partial charge in [-0.1, -0.05) is 19.9 Å². The molecule has 0 aliphatic heterocycles. The highest BCUT2D eigenvalue weighted by Crippen LogP contribution is 2.16. The first-order valence-corrected chi connectivity index (χ1v) is 3.99. The molecule has 0 bridgehead atoms. The standard InChI is InChI=1S/C9H17NO2.ClH/c1-6(2)9(4,10)5-7(3)8(11)12;/h5-6H,10H2,1-4H3,(H,11,12);1H. The summed E-state index contributed by atoms with van der Waals surface area (Å²) in [5.74, 6) is -0.681. The Labute approximate surface area is 85.4 Å². The Hall–Kier alpha value is -0.540. The van der Waals surface area contributed by atoms with E-state index in [2.05, 4.69) is 0 Å². The topological polar surface area (TPSA) is 63.3 Å². The van der Waals surface area contributed by atoms with Gasteiger partial charge >= 0.3 is 5.97 Å². The van der Waals surface area contributed by atoms with Crippen LogP contribution < -0.4 is 5.73 Å². The number of carboxylic acids is 1. The minimum Gasteiger partial charge on any atom is -0.478 e. The summed E-state index contributed by atoms with van der Waals surface area (Å²) in [6.07, 6.45) is 1.60. The van der Waals surface area contributed by atoms with Gasteiger partial charge < -0.3 is 10.8 Å². The van der Waals surface area contributed by atoms with E-state index in [0.717, 1.165) is 0 Å². The zero-order valence-electron chi connectivity index (χ0n) is 8.50. The van der Waals surface area contributed by atoms with E-state index in [0.29, 0.717) is 5.57 Å². The third-order valence-electron chi connectivity index (χ3n) is 2.11. The van der Waals surface area contributed by atoms with Crippen LogP contribution in [0.4, 0.5) is 0 Å². The van der Waals surface area contributed by atoms with Gasteiger partial charge in [-0.2, -0.15) is 0 Å². The monoisotopic (exact) mass is 207 g/mol. The van der Waals surface area contributed by atoms with Gasteiger partial charge in [0, 0.05) is 11.1 Å². The van der Waals surface area contributed by atoms with Gasteiger partial charge in [0.2, 0.25) is 0 Å². The van der Waals surface area contributed by atoms with Gasteiger partial charge in [0.15, 0.2) is 0 Å². The molecular weight excluding hydrogens is 190 g/mol. The Balaban J connectivity index is 0. The fourth-order valence-electron chi connectivity index (χ4n) is 0.695. The molecular formula is C9H18ClNO2. The molecule has 3 nitrogen and oxygen atoms in total. The van der Waals surface area contributed by atoms with Gasteiger partial charge in [0.05, 0.1) is 0 Å². The van der Waals surface area contributed by atoms with E-state index in [1.54, 1.807) is 13.0 Å². The van der Waals surface area contributed by atoms with Gasteiger partial charge in [0.1, 0.15) is 0 Å². The van der Waals surface area contributed by atoms with E-state index in [1.165, 1.54) is 0 Å². The van der Waals surface area contributed by atoms with Crippen LogP contribution in [0, 0.1) is 5.92 Å². The van der Waals surface area contributed by atoms with Crippen LogP contribution in [-0.4, -0.2) is 16.6 Å². The molecule has 0 amide bonds. The fraction of sp³-hybridized carbons (Fsp3) is 0.667. The summed E-state index contributed by atoms with van der Waals surface area (Å²) in [5.41, 5.74) is 5.62. The maximum absolute atomic E-state index is 10.5. The van der Waals surface area contributed by atoms with Crippen molar-refractivity contribution in [2.75, 3.05) is 0 Å². The Kier molecular flexibility index (Phi) is 6.04. The minimum atomic E-state index is -0.910. The van der Waals surface area contributed by atoms with Crippen molar-refractivity contribution in [2.24, 2.45) is 11.7 Å². The van der Waals surface area contributed by atoms with Crippen molar-refractivity contribution in [3.63, 3.8) is 0 Å². The number of nitrogens with two attached hydrogens (primary N) is 1. The van der Waals surface area contributed by atoms with Crippen molar-refractivity contribution in [3.8, 4) is 0 Å². The van der Waals surface area contributed by atoms with Crippen LogP contribution >= 0.6 is 12.4 Å². The predicted octanol–water partition coefficient (Wildman–Crippen LogP) is 1.81. The van der Waals surface area contributed by atoms with E-state index in [1.807, 2.05) is 20.8 Å². The third kappa shape index (κ3) is 4.90. The second kappa shape index (κ2) is 5.25. The molecule has 0 rings (SSSR count). The molecule has 13 heavy (non-hydrogen) atoms. The van der Waals surface area contributed by atoms with Crippen LogP contribution in [0.1, 0.15) is 27.7 Å². The number of carbonyl (C=O) groups is 1. The molecule has 1 atom stereocenters. The van der Waals surface area contributed by atoms with E-state index in [9.17, 15) is 4.79 Å². The number of hydrogen-bond acceptors (Lipinski definition) is 2. The zero-order valence-corrected chi connectivity index (χ0v) is 9.31. The Morgan fingerprint density at radius 3 is 2.15 bits per heavy atom. The number of halogens is 1. The summed E-state index contributed by atoms with van der Waals surface area (Å²) in [6.45, 7) is 7.30. The summed E-state index contributed by atoms with van der Waals surface area (Å²) in [6, 6.07) is 0. The highest BCUT2D eigenvalue weighted by atomic mass is 35.5. The molecule has 1 unspecified atom stereocenters. The maximum atomic E-state index is 10.5. The van der Waals surface area contributed by atoms with E-state index < -0.39 is 11.5 Å². The number of hydrogen-bond donors (Lipinski definition) is 2. The molecule has 0 aliphatic rings. The van der Waals surface area contributed by atoms with Crippen molar-refractivity contribution in [1.29, 1.82) is 0 Å². The molecule has 0 saturated heterocycles. The summed E-state index contributed by atoms with van der Waals surface area (Å²) in [7, 11) is 0. The van der Waals surface area contributed by atoms with Crippen LogP contribution in [0.3, 0.4) is 0 Å². The van der Waals surface area contributed by atoms with Crippen LogP contribution in [0.5, 0.6) is 0 Å². The normalized spacial score (nSPS) is 16.3. The van der Waals surface area contributed by atoms with Crippen LogP contribution in [0.15, 0.2) is 11.6 Å². The fourth-order valence-corrected chi connectivity index (χ4v) is 0.695. The first kappa shape index (κ1) is 15.0. The second-order valence-electron chi connectivity index (χ2n) is 3.65. The molecule has 0 aliphatic carbocycles. The molecule has 3 N–H and O–H groups in total. The summed E-state index contributed by atoms with van der Waals surface area (Å²) in [4.78, 5) is 10.5. The first-order chi connectivity index (χ1) is 5.27. The Bertz CT molecular complexity index is 210. The van der Waals surface area contributed by atoms with Gasteiger partial charge in [0.25, 0.3) is 0 Å².